The van der Waals surface area contributed by atoms with Crippen molar-refractivity contribution in [3.8, 4) is 0 Å². The molecule has 0 bridgehead atoms. The van der Waals surface area contributed by atoms with Crippen molar-refractivity contribution < 1.29 is 4.74 Å². The smallest absolute Gasteiger partial charge is 0.0892 e. The number of ether oxygens (including phenoxy) is 1. The molecule has 102 valence electrons. The molecule has 0 amide bonds. The van der Waals surface area contributed by atoms with Gasteiger partial charge in [0.05, 0.1) is 18.9 Å². The Bertz CT molecular complexity index is 465. The van der Waals surface area contributed by atoms with Crippen LogP contribution in [-0.4, -0.2) is 11.0 Å². The number of rotatable bonds is 7. The van der Waals surface area contributed by atoms with E-state index in [4.69, 9.17) is 4.74 Å². The van der Waals surface area contributed by atoms with Gasteiger partial charge < -0.3 is 10.1 Å². The predicted molar refractivity (Wildman–Crippen MR) is 79.0 cm³/mol. The van der Waals surface area contributed by atoms with Crippen molar-refractivity contribution in [3.63, 3.8) is 0 Å². The zero-order valence-electron chi connectivity index (χ0n) is 11.4. The van der Waals surface area contributed by atoms with Gasteiger partial charge in [-0.2, -0.15) is 0 Å². The van der Waals surface area contributed by atoms with Gasteiger partial charge in [-0.25, -0.2) is 0 Å². The Morgan fingerprint density at radius 2 is 2.16 bits per heavy atom. The Morgan fingerprint density at radius 1 is 1.26 bits per heavy atom. The Kier molecular flexibility index (Phi) is 5.51. The Hall–Kier alpha value is -1.23. The van der Waals surface area contributed by atoms with Crippen LogP contribution in [0.4, 0.5) is 0 Å². The van der Waals surface area contributed by atoms with Gasteiger partial charge in [-0.05, 0) is 23.1 Å². The minimum Gasteiger partial charge on any atom is -0.370 e. The van der Waals surface area contributed by atoms with Crippen molar-refractivity contribution >= 4 is 11.3 Å². The fraction of sp³-hybridized carbons (Fsp3) is 0.400. The number of nitrogens with one attached hydrogen (secondary N) is 1. The van der Waals surface area contributed by atoms with Gasteiger partial charge in [0, 0.05) is 23.7 Å². The lowest BCUT2D eigenvalue weighted by Gasteiger charge is -2.08. The molecule has 0 aromatic carbocycles. The lowest BCUT2D eigenvalue weighted by molar-refractivity contribution is 0.106. The largest absolute Gasteiger partial charge is 0.370 e. The highest BCUT2D eigenvalue weighted by atomic mass is 32.1. The summed E-state index contributed by atoms with van der Waals surface area (Å²) < 4.78 is 5.63. The average Bonchev–Trinajstić information content (AvgIpc) is 2.91. The van der Waals surface area contributed by atoms with E-state index in [2.05, 4.69) is 41.7 Å². The van der Waals surface area contributed by atoms with Crippen LogP contribution in [-0.2, 0) is 24.5 Å². The highest BCUT2D eigenvalue weighted by Crippen LogP contribution is 2.11. The molecule has 0 aliphatic rings. The summed E-state index contributed by atoms with van der Waals surface area (Å²) in [5.41, 5.74) is 2.18. The maximum atomic E-state index is 5.63. The van der Waals surface area contributed by atoms with Gasteiger partial charge in [0.2, 0.25) is 0 Å². The topological polar surface area (TPSA) is 34.1 Å². The lowest BCUT2D eigenvalue weighted by atomic mass is 10.2. The molecule has 1 N–H and O–H groups in total. The molecule has 2 heterocycles. The second-order valence-corrected chi connectivity index (χ2v) is 5.80. The van der Waals surface area contributed by atoms with E-state index in [1.807, 2.05) is 18.3 Å². The number of hydrogen-bond donors (Lipinski definition) is 1. The number of aromatic nitrogens is 1. The zero-order chi connectivity index (χ0) is 13.5. The summed E-state index contributed by atoms with van der Waals surface area (Å²) in [6, 6.07) is 8.75. The zero-order valence-corrected chi connectivity index (χ0v) is 12.2. The number of pyridine rings is 1. The molecule has 0 aliphatic carbocycles. The molecule has 0 spiro atoms. The summed E-state index contributed by atoms with van der Waals surface area (Å²) in [6.07, 6.45) is 1.92. The molecule has 0 aliphatic heterocycles. The molecule has 2 rings (SSSR count). The molecule has 0 unspecified atom stereocenters. The monoisotopic (exact) mass is 276 g/mol. The molecule has 0 radical (unpaired) electrons. The van der Waals surface area contributed by atoms with Gasteiger partial charge in [0.25, 0.3) is 0 Å². The summed E-state index contributed by atoms with van der Waals surface area (Å²) in [6.45, 7) is 6.37. The van der Waals surface area contributed by atoms with Crippen LogP contribution in [0.5, 0.6) is 0 Å². The van der Waals surface area contributed by atoms with Crippen molar-refractivity contribution in [3.05, 3.63) is 52.0 Å². The number of nitrogens with zero attached hydrogens (tertiary/aromatic N) is 1. The first-order valence-corrected chi connectivity index (χ1v) is 7.39. The van der Waals surface area contributed by atoms with E-state index in [1.165, 1.54) is 10.4 Å². The van der Waals surface area contributed by atoms with Crippen molar-refractivity contribution in [2.75, 3.05) is 0 Å². The van der Waals surface area contributed by atoms with Crippen LogP contribution in [0.25, 0.3) is 0 Å². The number of hydrogen-bond acceptors (Lipinski definition) is 4. The van der Waals surface area contributed by atoms with Crippen LogP contribution in [0.3, 0.4) is 0 Å². The molecule has 0 saturated heterocycles. The summed E-state index contributed by atoms with van der Waals surface area (Å²) in [7, 11) is 0. The molecule has 4 heteroatoms. The van der Waals surface area contributed by atoms with Crippen LogP contribution in [0.2, 0.25) is 0 Å². The third kappa shape index (κ3) is 5.11. The average molecular weight is 276 g/mol. The number of thiophene rings is 1. The van der Waals surface area contributed by atoms with Crippen LogP contribution < -0.4 is 5.32 Å². The normalized spacial score (nSPS) is 11.1. The van der Waals surface area contributed by atoms with Gasteiger partial charge in [-0.15, -0.1) is 11.3 Å². The van der Waals surface area contributed by atoms with E-state index < -0.39 is 0 Å². The summed E-state index contributed by atoms with van der Waals surface area (Å²) in [4.78, 5) is 5.66. The highest BCUT2D eigenvalue weighted by Gasteiger charge is 1.99. The highest BCUT2D eigenvalue weighted by molar-refractivity contribution is 7.09. The molecular formula is C15H20N2OS. The molecule has 2 aromatic rings. The van der Waals surface area contributed by atoms with Crippen molar-refractivity contribution in [2.45, 2.75) is 39.6 Å². The third-order valence-electron chi connectivity index (χ3n) is 2.67. The van der Waals surface area contributed by atoms with Crippen molar-refractivity contribution in [1.29, 1.82) is 0 Å². The van der Waals surface area contributed by atoms with Gasteiger partial charge in [-0.1, -0.05) is 26.0 Å². The molecule has 0 saturated carbocycles. The SMILES string of the molecule is CC(C)NCc1ccc(COCc2cccs2)nc1. The van der Waals surface area contributed by atoms with Crippen molar-refractivity contribution in [1.82, 2.24) is 10.3 Å². The second-order valence-electron chi connectivity index (χ2n) is 4.77. The van der Waals surface area contributed by atoms with Crippen LogP contribution >= 0.6 is 11.3 Å². The first kappa shape index (κ1) is 14.2. The maximum absolute atomic E-state index is 5.63. The second kappa shape index (κ2) is 7.38. The van der Waals surface area contributed by atoms with Crippen LogP contribution in [0.15, 0.2) is 35.8 Å². The van der Waals surface area contributed by atoms with Crippen LogP contribution in [0.1, 0.15) is 30.0 Å². The fourth-order valence-electron chi connectivity index (χ4n) is 1.62. The van der Waals surface area contributed by atoms with Gasteiger partial charge in [-0.3, -0.25) is 4.98 Å². The Morgan fingerprint density at radius 3 is 2.79 bits per heavy atom. The lowest BCUT2D eigenvalue weighted by Crippen LogP contribution is -2.21. The minimum absolute atomic E-state index is 0.494. The summed E-state index contributed by atoms with van der Waals surface area (Å²) in [5.74, 6) is 0. The molecule has 0 fully saturated rings. The van der Waals surface area contributed by atoms with Crippen LogP contribution in [0, 0.1) is 0 Å². The van der Waals surface area contributed by atoms with E-state index >= 15 is 0 Å². The predicted octanol–water partition coefficient (Wildman–Crippen LogP) is 3.36. The van der Waals surface area contributed by atoms with E-state index in [-0.39, 0.29) is 0 Å². The van der Waals surface area contributed by atoms with Gasteiger partial charge in [0.1, 0.15) is 0 Å². The molecule has 0 atom stereocenters. The van der Waals surface area contributed by atoms with Gasteiger partial charge >= 0.3 is 0 Å². The van der Waals surface area contributed by atoms with E-state index in [9.17, 15) is 0 Å². The Balaban J connectivity index is 1.75. The summed E-state index contributed by atoms with van der Waals surface area (Å²) >= 11 is 1.72. The minimum atomic E-state index is 0.494. The third-order valence-corrected chi connectivity index (χ3v) is 3.52. The first-order valence-electron chi connectivity index (χ1n) is 6.51. The quantitative estimate of drug-likeness (QED) is 0.842. The fourth-order valence-corrected chi connectivity index (χ4v) is 2.26. The van der Waals surface area contributed by atoms with E-state index in [0.717, 1.165) is 12.2 Å². The Labute approximate surface area is 118 Å². The van der Waals surface area contributed by atoms with E-state index in [1.54, 1.807) is 11.3 Å². The first-order chi connectivity index (χ1) is 9.24. The molecule has 19 heavy (non-hydrogen) atoms. The molecule has 3 nitrogen and oxygen atoms in total. The maximum Gasteiger partial charge on any atom is 0.0892 e. The van der Waals surface area contributed by atoms with Gasteiger partial charge in [0.15, 0.2) is 0 Å². The molecule has 2 aromatic heterocycles. The van der Waals surface area contributed by atoms with E-state index in [0.29, 0.717) is 19.3 Å². The molecular weight excluding hydrogens is 256 g/mol. The van der Waals surface area contributed by atoms with Crippen molar-refractivity contribution in [2.24, 2.45) is 0 Å². The summed E-state index contributed by atoms with van der Waals surface area (Å²) in [5, 5.41) is 5.44. The standard InChI is InChI=1S/C15H20N2OS/c1-12(2)16-8-13-5-6-14(17-9-13)10-18-11-15-4-3-7-19-15/h3-7,9,12,16H,8,10-11H2,1-2H3.